The maximum atomic E-state index is 13.3. The molecule has 1 N–H and O–H groups in total. The number of halogens is 1. The third-order valence-corrected chi connectivity index (χ3v) is 5.00. The van der Waals surface area contributed by atoms with E-state index >= 15 is 0 Å². The van der Waals surface area contributed by atoms with Crippen molar-refractivity contribution in [3.05, 3.63) is 28.5 Å². The number of rotatable bonds is 3. The minimum atomic E-state index is -1.36. The van der Waals surface area contributed by atoms with Crippen molar-refractivity contribution in [3.8, 4) is 17.2 Å². The molecule has 3 atom stereocenters. The molecule has 0 fully saturated rings. The van der Waals surface area contributed by atoms with Gasteiger partial charge in [0.1, 0.15) is 27.8 Å². The number of hydrogen-bond acceptors (Lipinski definition) is 6. The molecular formula is C17H19ClO6. The average Bonchev–Trinajstić information content (AvgIpc) is 2.87. The molecule has 1 aliphatic carbocycles. The molecule has 0 bridgehead atoms. The van der Waals surface area contributed by atoms with Crippen LogP contribution in [0, 0.1) is 5.92 Å². The summed E-state index contributed by atoms with van der Waals surface area (Å²) >= 11 is 6.35. The van der Waals surface area contributed by atoms with Crippen LogP contribution in [0.4, 0.5) is 0 Å². The number of methoxy groups -OCH3 is 3. The molecule has 1 spiro atoms. The highest BCUT2D eigenvalue weighted by Crippen LogP contribution is 2.54. The molecule has 6 nitrogen and oxygen atoms in total. The van der Waals surface area contributed by atoms with Crippen LogP contribution in [0.5, 0.6) is 17.2 Å². The first-order valence-electron chi connectivity index (χ1n) is 7.53. The zero-order valence-electron chi connectivity index (χ0n) is 13.9. The summed E-state index contributed by atoms with van der Waals surface area (Å²) in [6.45, 7) is 1.83. The van der Waals surface area contributed by atoms with E-state index in [2.05, 4.69) is 0 Å². The minimum Gasteiger partial charge on any atom is -0.497 e. The number of benzene rings is 1. The van der Waals surface area contributed by atoms with Crippen molar-refractivity contribution in [2.45, 2.75) is 25.0 Å². The summed E-state index contributed by atoms with van der Waals surface area (Å²) in [6, 6.07) is 1.56. The van der Waals surface area contributed by atoms with Crippen LogP contribution in [-0.2, 0) is 4.74 Å². The summed E-state index contributed by atoms with van der Waals surface area (Å²) in [5, 5.41) is 10.2. The Bertz CT molecular complexity index is 728. The number of carbonyl (C=O) groups excluding carboxylic acids is 1. The molecular weight excluding hydrogens is 336 g/mol. The number of Topliss-reactive ketones (excluding diaryl/α,β-unsaturated/α-hetero) is 1. The van der Waals surface area contributed by atoms with E-state index in [1.165, 1.54) is 27.4 Å². The Balaban J connectivity index is 2.24. The zero-order valence-corrected chi connectivity index (χ0v) is 14.6. The first-order chi connectivity index (χ1) is 11.4. The molecule has 1 aliphatic heterocycles. The van der Waals surface area contributed by atoms with Crippen molar-refractivity contribution in [2.24, 2.45) is 5.92 Å². The highest BCUT2D eigenvalue weighted by Gasteiger charge is 2.59. The maximum absolute atomic E-state index is 13.3. The van der Waals surface area contributed by atoms with E-state index in [0.29, 0.717) is 17.9 Å². The van der Waals surface area contributed by atoms with Gasteiger partial charge in [-0.25, -0.2) is 0 Å². The highest BCUT2D eigenvalue weighted by atomic mass is 35.5. The lowest BCUT2D eigenvalue weighted by atomic mass is 9.75. The molecule has 7 heteroatoms. The molecule has 24 heavy (non-hydrogen) atoms. The van der Waals surface area contributed by atoms with Crippen molar-refractivity contribution in [2.75, 3.05) is 21.3 Å². The number of fused-ring (bicyclic) bond motifs is 1. The maximum Gasteiger partial charge on any atom is 0.230 e. The Morgan fingerprint density at radius 3 is 2.50 bits per heavy atom. The summed E-state index contributed by atoms with van der Waals surface area (Å²) in [4.78, 5) is 13.3. The smallest absolute Gasteiger partial charge is 0.230 e. The third kappa shape index (κ3) is 2.09. The van der Waals surface area contributed by atoms with Crippen molar-refractivity contribution >= 4 is 17.4 Å². The molecule has 0 saturated heterocycles. The van der Waals surface area contributed by atoms with Crippen LogP contribution in [0.3, 0.4) is 0 Å². The summed E-state index contributed by atoms with van der Waals surface area (Å²) in [5.41, 5.74) is -1.10. The summed E-state index contributed by atoms with van der Waals surface area (Å²) in [5.74, 6) is 0.534. The third-order valence-electron chi connectivity index (χ3n) is 4.64. The van der Waals surface area contributed by atoms with Gasteiger partial charge in [0.05, 0.1) is 27.4 Å². The van der Waals surface area contributed by atoms with Crippen LogP contribution in [0.25, 0.3) is 0 Å². The number of ketones is 1. The van der Waals surface area contributed by atoms with Crippen LogP contribution in [-0.4, -0.2) is 43.9 Å². The number of aliphatic hydroxyl groups excluding tert-OH is 1. The number of ether oxygens (including phenoxy) is 4. The SMILES string of the molecule is COC1=C[C@H](O)C[C@H](C)[C@]12Oc1c(Cl)c(OC)cc(OC)c1C2=O. The molecule has 0 unspecified atom stereocenters. The van der Waals surface area contributed by atoms with Crippen LogP contribution in [0.2, 0.25) is 5.02 Å². The van der Waals surface area contributed by atoms with Crippen LogP contribution in [0.1, 0.15) is 23.7 Å². The van der Waals surface area contributed by atoms with E-state index < -0.39 is 11.7 Å². The largest absolute Gasteiger partial charge is 0.497 e. The summed E-state index contributed by atoms with van der Waals surface area (Å²) in [7, 11) is 4.37. The number of hydrogen-bond donors (Lipinski definition) is 1. The Morgan fingerprint density at radius 2 is 1.92 bits per heavy atom. The van der Waals surface area contributed by atoms with Crippen molar-refractivity contribution < 1.29 is 28.8 Å². The molecule has 1 aromatic rings. The second-order valence-corrected chi connectivity index (χ2v) is 6.28. The van der Waals surface area contributed by atoms with Gasteiger partial charge in [-0.1, -0.05) is 18.5 Å². The predicted molar refractivity (Wildman–Crippen MR) is 87.1 cm³/mol. The molecule has 1 heterocycles. The average molecular weight is 355 g/mol. The minimum absolute atomic E-state index is 0.201. The van der Waals surface area contributed by atoms with Gasteiger partial charge >= 0.3 is 0 Å². The van der Waals surface area contributed by atoms with E-state index in [-0.39, 0.29) is 33.8 Å². The fourth-order valence-corrected chi connectivity index (χ4v) is 3.71. The van der Waals surface area contributed by atoms with E-state index in [9.17, 15) is 9.90 Å². The van der Waals surface area contributed by atoms with E-state index in [4.69, 9.17) is 30.5 Å². The molecule has 3 rings (SSSR count). The first kappa shape index (κ1) is 16.9. The second-order valence-electron chi connectivity index (χ2n) is 5.91. The van der Waals surface area contributed by atoms with Crippen molar-refractivity contribution in [3.63, 3.8) is 0 Å². The fraction of sp³-hybridized carbons (Fsp3) is 0.471. The van der Waals surface area contributed by atoms with Gasteiger partial charge in [0.15, 0.2) is 5.75 Å². The van der Waals surface area contributed by atoms with E-state index in [0.717, 1.165) is 0 Å². The standard InChI is InChI=1S/C17H19ClO6/c1-8-5-9(19)6-12(23-4)17(8)16(20)13-10(21-2)7-11(22-3)14(18)15(13)24-17/h6-9,19H,5H2,1-4H3/t8-,9+,17-/m0/s1. The predicted octanol–water partition coefficient (Wildman–Crippen LogP) is 2.60. The quantitative estimate of drug-likeness (QED) is 0.899. The lowest BCUT2D eigenvalue weighted by molar-refractivity contribution is -0.00265. The Morgan fingerprint density at radius 1 is 1.25 bits per heavy atom. The van der Waals surface area contributed by atoms with Gasteiger partial charge in [0.25, 0.3) is 0 Å². The zero-order chi connectivity index (χ0) is 17.6. The fourth-order valence-electron chi connectivity index (χ4n) is 3.45. The molecule has 2 aliphatic rings. The second kappa shape index (κ2) is 5.86. The van der Waals surface area contributed by atoms with Crippen LogP contribution < -0.4 is 14.2 Å². The Labute approximate surface area is 144 Å². The molecule has 0 saturated carbocycles. The summed E-state index contributed by atoms with van der Waals surface area (Å²) < 4.78 is 22.0. The van der Waals surface area contributed by atoms with Gasteiger partial charge in [-0.3, -0.25) is 4.79 Å². The Kier molecular flexibility index (Phi) is 4.13. The van der Waals surface area contributed by atoms with Crippen molar-refractivity contribution in [1.82, 2.24) is 0 Å². The van der Waals surface area contributed by atoms with Gasteiger partial charge in [-0.2, -0.15) is 0 Å². The topological polar surface area (TPSA) is 74.2 Å². The highest BCUT2D eigenvalue weighted by molar-refractivity contribution is 6.35. The van der Waals surface area contributed by atoms with Crippen molar-refractivity contribution in [1.29, 1.82) is 0 Å². The van der Waals surface area contributed by atoms with Gasteiger partial charge in [-0.15, -0.1) is 0 Å². The van der Waals surface area contributed by atoms with Crippen LogP contribution in [0.15, 0.2) is 17.9 Å². The molecule has 0 amide bonds. The molecule has 130 valence electrons. The van der Waals surface area contributed by atoms with Gasteiger partial charge in [-0.05, 0) is 12.5 Å². The van der Waals surface area contributed by atoms with E-state index in [1.807, 2.05) is 6.92 Å². The molecule has 1 aromatic carbocycles. The molecule has 0 aromatic heterocycles. The Hall–Kier alpha value is -1.92. The monoisotopic (exact) mass is 354 g/mol. The van der Waals surface area contributed by atoms with Crippen LogP contribution >= 0.6 is 11.6 Å². The first-order valence-corrected chi connectivity index (χ1v) is 7.91. The normalized spacial score (nSPS) is 28.2. The van der Waals surface area contributed by atoms with E-state index in [1.54, 1.807) is 6.07 Å². The van der Waals surface area contributed by atoms with Gasteiger partial charge in [0.2, 0.25) is 11.4 Å². The molecule has 0 radical (unpaired) electrons. The van der Waals surface area contributed by atoms with Gasteiger partial charge in [0, 0.05) is 12.0 Å². The number of aliphatic hydroxyl groups is 1. The number of carbonyl (C=O) groups is 1. The lowest BCUT2D eigenvalue weighted by Crippen LogP contribution is -2.52. The van der Waals surface area contributed by atoms with Gasteiger partial charge < -0.3 is 24.1 Å². The summed E-state index contributed by atoms with van der Waals surface area (Å²) in [6.07, 6.45) is 1.16. The lowest BCUT2D eigenvalue weighted by Gasteiger charge is -2.38.